The van der Waals surface area contributed by atoms with Crippen molar-refractivity contribution in [2.45, 2.75) is 19.8 Å². The Kier molecular flexibility index (Phi) is 4.40. The van der Waals surface area contributed by atoms with E-state index in [2.05, 4.69) is 30.5 Å². The molecule has 1 heterocycles. The highest BCUT2D eigenvalue weighted by molar-refractivity contribution is 7.17. The van der Waals surface area contributed by atoms with E-state index in [-0.39, 0.29) is 0 Å². The number of benzene rings is 1. The lowest BCUT2D eigenvalue weighted by molar-refractivity contribution is 0.172. The summed E-state index contributed by atoms with van der Waals surface area (Å²) in [5.41, 5.74) is 1.33. The molecule has 0 aliphatic rings. The number of hydrogen-bond donors (Lipinski definition) is 0. The van der Waals surface area contributed by atoms with Crippen LogP contribution in [0, 0.1) is 0 Å². The van der Waals surface area contributed by atoms with Gasteiger partial charge in [-0.1, -0.05) is 6.92 Å². The van der Waals surface area contributed by atoms with Crippen LogP contribution in [0.2, 0.25) is 0 Å². The first-order valence-corrected chi connectivity index (χ1v) is 6.85. The minimum absolute atomic E-state index is 0.714. The highest BCUT2D eigenvalue weighted by atomic mass is 32.1. The van der Waals surface area contributed by atoms with Crippen molar-refractivity contribution in [2.75, 3.05) is 20.3 Å². The first kappa shape index (κ1) is 12.4. The number of thiophene rings is 1. The largest absolute Gasteiger partial charge is 0.493 e. The Bertz CT molecular complexity index is 476. The van der Waals surface area contributed by atoms with Crippen LogP contribution in [0.3, 0.4) is 0 Å². The second-order valence-electron chi connectivity index (χ2n) is 3.97. The molecule has 0 unspecified atom stereocenters. The van der Waals surface area contributed by atoms with Crippen molar-refractivity contribution >= 4 is 21.4 Å². The Morgan fingerprint density at radius 1 is 1.24 bits per heavy atom. The zero-order valence-corrected chi connectivity index (χ0v) is 11.2. The van der Waals surface area contributed by atoms with Gasteiger partial charge in [-0.25, -0.2) is 0 Å². The molecule has 0 spiro atoms. The van der Waals surface area contributed by atoms with Gasteiger partial charge in [-0.15, -0.1) is 11.3 Å². The molecule has 17 heavy (non-hydrogen) atoms. The predicted octanol–water partition coefficient (Wildman–Crippen LogP) is 3.88. The average molecular weight is 250 g/mol. The normalized spacial score (nSPS) is 10.9. The van der Waals surface area contributed by atoms with Crippen molar-refractivity contribution in [3.63, 3.8) is 0 Å². The Balaban J connectivity index is 2.16. The van der Waals surface area contributed by atoms with Gasteiger partial charge in [0, 0.05) is 30.2 Å². The van der Waals surface area contributed by atoms with E-state index in [9.17, 15) is 0 Å². The number of methoxy groups -OCH3 is 1. The van der Waals surface area contributed by atoms with Crippen LogP contribution < -0.4 is 4.74 Å². The molecule has 0 N–H and O–H groups in total. The van der Waals surface area contributed by atoms with Crippen molar-refractivity contribution in [3.05, 3.63) is 29.1 Å². The second-order valence-corrected chi connectivity index (χ2v) is 4.92. The summed E-state index contributed by atoms with van der Waals surface area (Å²) in [5, 5.41) is 3.34. The fourth-order valence-electron chi connectivity index (χ4n) is 1.80. The summed E-state index contributed by atoms with van der Waals surface area (Å²) in [6, 6.07) is 6.54. The summed E-state index contributed by atoms with van der Waals surface area (Å²) < 4.78 is 12.2. The summed E-state index contributed by atoms with van der Waals surface area (Å²) in [6.45, 7) is 3.63. The minimum atomic E-state index is 0.714. The van der Waals surface area contributed by atoms with Crippen LogP contribution in [0.25, 0.3) is 10.1 Å². The molecule has 0 aliphatic carbocycles. The van der Waals surface area contributed by atoms with Gasteiger partial charge in [0.1, 0.15) is 5.75 Å². The molecule has 0 atom stereocenters. The molecule has 0 saturated heterocycles. The van der Waals surface area contributed by atoms with E-state index in [0.29, 0.717) is 6.61 Å². The molecule has 2 aromatic rings. The molecule has 0 fully saturated rings. The van der Waals surface area contributed by atoms with E-state index < -0.39 is 0 Å². The quantitative estimate of drug-likeness (QED) is 0.724. The van der Waals surface area contributed by atoms with Crippen LogP contribution in [-0.4, -0.2) is 20.3 Å². The Morgan fingerprint density at radius 2 is 2.12 bits per heavy atom. The third-order valence-corrected chi connectivity index (χ3v) is 3.62. The van der Waals surface area contributed by atoms with Gasteiger partial charge >= 0.3 is 0 Å². The second kappa shape index (κ2) is 6.03. The zero-order valence-electron chi connectivity index (χ0n) is 10.4. The summed E-state index contributed by atoms with van der Waals surface area (Å²) in [6.07, 6.45) is 1.97. The van der Waals surface area contributed by atoms with Crippen LogP contribution >= 0.6 is 11.3 Å². The summed E-state index contributed by atoms with van der Waals surface area (Å²) in [7, 11) is 1.72. The van der Waals surface area contributed by atoms with Crippen LogP contribution in [0.4, 0.5) is 0 Å². The zero-order chi connectivity index (χ0) is 12.1. The maximum atomic E-state index is 5.85. The molecule has 2 rings (SSSR count). The standard InChI is InChI=1S/C14H18O2S/c1-3-11-9-13(16-7-4-6-15-2)12-5-8-17-14(12)10-11/h5,8-10H,3-4,6-7H2,1-2H3. The van der Waals surface area contributed by atoms with E-state index in [1.54, 1.807) is 18.4 Å². The van der Waals surface area contributed by atoms with Gasteiger partial charge < -0.3 is 9.47 Å². The summed E-state index contributed by atoms with van der Waals surface area (Å²) in [5.74, 6) is 1.01. The monoisotopic (exact) mass is 250 g/mol. The molecule has 3 heteroatoms. The molecular formula is C14H18O2S. The van der Waals surface area contributed by atoms with Gasteiger partial charge in [-0.3, -0.25) is 0 Å². The molecule has 1 aromatic heterocycles. The van der Waals surface area contributed by atoms with Crippen LogP contribution in [0.1, 0.15) is 18.9 Å². The van der Waals surface area contributed by atoms with Crippen LogP contribution in [0.5, 0.6) is 5.75 Å². The average Bonchev–Trinajstić information content (AvgIpc) is 2.82. The van der Waals surface area contributed by atoms with E-state index in [0.717, 1.165) is 25.2 Å². The lowest BCUT2D eigenvalue weighted by atomic mass is 10.1. The van der Waals surface area contributed by atoms with Crippen molar-refractivity contribution in [2.24, 2.45) is 0 Å². The fourth-order valence-corrected chi connectivity index (χ4v) is 2.67. The predicted molar refractivity (Wildman–Crippen MR) is 73.2 cm³/mol. The van der Waals surface area contributed by atoms with Crippen LogP contribution in [-0.2, 0) is 11.2 Å². The highest BCUT2D eigenvalue weighted by Crippen LogP contribution is 2.31. The van der Waals surface area contributed by atoms with Gasteiger partial charge in [0.2, 0.25) is 0 Å². The maximum Gasteiger partial charge on any atom is 0.128 e. The van der Waals surface area contributed by atoms with Gasteiger partial charge in [-0.05, 0) is 35.6 Å². The number of rotatable bonds is 6. The number of aryl methyl sites for hydroxylation is 1. The van der Waals surface area contributed by atoms with Crippen molar-refractivity contribution in [1.82, 2.24) is 0 Å². The van der Waals surface area contributed by atoms with Crippen molar-refractivity contribution in [3.8, 4) is 5.75 Å². The summed E-state index contributed by atoms with van der Waals surface area (Å²) >= 11 is 1.77. The van der Waals surface area contributed by atoms with E-state index >= 15 is 0 Å². The third-order valence-electron chi connectivity index (χ3n) is 2.75. The molecule has 92 valence electrons. The number of fused-ring (bicyclic) bond motifs is 1. The van der Waals surface area contributed by atoms with Gasteiger partial charge in [0.05, 0.1) is 6.61 Å². The summed E-state index contributed by atoms with van der Waals surface area (Å²) in [4.78, 5) is 0. The Labute approximate surface area is 106 Å². The molecule has 1 aromatic carbocycles. The Hall–Kier alpha value is -1.06. The van der Waals surface area contributed by atoms with Gasteiger partial charge in [0.25, 0.3) is 0 Å². The first-order chi connectivity index (χ1) is 8.35. The Morgan fingerprint density at radius 3 is 2.88 bits per heavy atom. The van der Waals surface area contributed by atoms with E-state index in [1.165, 1.54) is 15.6 Å². The van der Waals surface area contributed by atoms with Crippen molar-refractivity contribution in [1.29, 1.82) is 0 Å². The number of ether oxygens (including phenoxy) is 2. The molecule has 0 aliphatic heterocycles. The van der Waals surface area contributed by atoms with Crippen LogP contribution in [0.15, 0.2) is 23.6 Å². The fraction of sp³-hybridized carbons (Fsp3) is 0.429. The molecule has 0 saturated carbocycles. The maximum absolute atomic E-state index is 5.85. The highest BCUT2D eigenvalue weighted by Gasteiger charge is 2.05. The lowest BCUT2D eigenvalue weighted by Gasteiger charge is -2.09. The van der Waals surface area contributed by atoms with E-state index in [1.807, 2.05) is 0 Å². The first-order valence-electron chi connectivity index (χ1n) is 5.97. The molecular weight excluding hydrogens is 232 g/mol. The SMILES string of the molecule is CCc1cc(OCCCOC)c2ccsc2c1. The van der Waals surface area contributed by atoms with E-state index in [4.69, 9.17) is 9.47 Å². The topological polar surface area (TPSA) is 18.5 Å². The third kappa shape index (κ3) is 2.99. The molecule has 2 nitrogen and oxygen atoms in total. The molecule has 0 radical (unpaired) electrons. The minimum Gasteiger partial charge on any atom is -0.493 e. The molecule has 0 amide bonds. The lowest BCUT2D eigenvalue weighted by Crippen LogP contribution is -2.01. The number of hydrogen-bond acceptors (Lipinski definition) is 3. The molecule has 0 bridgehead atoms. The smallest absolute Gasteiger partial charge is 0.128 e. The van der Waals surface area contributed by atoms with Crippen molar-refractivity contribution < 1.29 is 9.47 Å². The van der Waals surface area contributed by atoms with Gasteiger partial charge in [-0.2, -0.15) is 0 Å². The van der Waals surface area contributed by atoms with Gasteiger partial charge in [0.15, 0.2) is 0 Å².